The van der Waals surface area contributed by atoms with Gasteiger partial charge in [0.1, 0.15) is 11.8 Å². The Hall–Kier alpha value is -1.61. The van der Waals surface area contributed by atoms with Crippen molar-refractivity contribution < 1.29 is 14.7 Å². The van der Waals surface area contributed by atoms with Crippen molar-refractivity contribution in [3.8, 4) is 0 Å². The molecule has 1 aromatic heterocycles. The summed E-state index contributed by atoms with van der Waals surface area (Å²) in [5.41, 5.74) is 0.0175. The van der Waals surface area contributed by atoms with Crippen LogP contribution in [0.25, 0.3) is 10.9 Å². The number of nitrogens with zero attached hydrogens (tertiary/aromatic N) is 2. The molecule has 0 spiro atoms. The van der Waals surface area contributed by atoms with Crippen LogP contribution < -0.4 is 10.9 Å². The van der Waals surface area contributed by atoms with Crippen LogP contribution in [0.4, 0.5) is 0 Å². The topological polar surface area (TPSA) is 101 Å². The molecule has 28 heavy (non-hydrogen) atoms. The van der Waals surface area contributed by atoms with Gasteiger partial charge in [0.15, 0.2) is 5.78 Å². The fourth-order valence-corrected chi connectivity index (χ4v) is 3.97. The van der Waals surface area contributed by atoms with Crippen molar-refractivity contribution in [3.05, 3.63) is 38.3 Å². The van der Waals surface area contributed by atoms with E-state index in [-0.39, 0.29) is 35.8 Å². The van der Waals surface area contributed by atoms with E-state index in [2.05, 4.69) is 26.2 Å². The number of hydrogen-bond donors (Lipinski definition) is 2. The predicted molar refractivity (Wildman–Crippen MR) is 110 cm³/mol. The monoisotopic (exact) mass is 469 g/mol. The molecule has 1 aromatic carbocycles. The molecule has 1 aliphatic heterocycles. The lowest BCUT2D eigenvalue weighted by Gasteiger charge is -2.28. The van der Waals surface area contributed by atoms with Crippen molar-refractivity contribution in [3.63, 3.8) is 0 Å². The number of halogens is 2. The fraction of sp³-hybridized carbons (Fsp3) is 0.474. The van der Waals surface area contributed by atoms with Crippen LogP contribution in [0.2, 0.25) is 5.02 Å². The molecule has 1 aliphatic rings. The third-order valence-corrected chi connectivity index (χ3v) is 6.24. The number of benzene rings is 1. The second kappa shape index (κ2) is 8.82. The van der Waals surface area contributed by atoms with Crippen LogP contribution in [0.15, 0.2) is 27.7 Å². The molecular formula is C19H21BrClN3O4. The zero-order chi connectivity index (χ0) is 20.4. The molecule has 3 rings (SSSR count). The summed E-state index contributed by atoms with van der Waals surface area (Å²) in [6, 6.07) is 1.86. The highest BCUT2D eigenvalue weighted by molar-refractivity contribution is 9.10. The number of carbonyl (C=O) groups is 2. The second-order valence-corrected chi connectivity index (χ2v) is 8.35. The molecular weight excluding hydrogens is 450 g/mol. The van der Waals surface area contributed by atoms with Crippen molar-refractivity contribution in [1.29, 1.82) is 0 Å². The van der Waals surface area contributed by atoms with Gasteiger partial charge >= 0.3 is 0 Å². The minimum atomic E-state index is -0.944. The van der Waals surface area contributed by atoms with Gasteiger partial charge in [0.25, 0.3) is 5.56 Å². The number of nitrogens with one attached hydrogen (secondary N) is 1. The highest BCUT2D eigenvalue weighted by Crippen LogP contribution is 2.26. The van der Waals surface area contributed by atoms with Gasteiger partial charge in [-0.2, -0.15) is 0 Å². The standard InChI is InChI=1S/C19H21BrClN3O4/c1-10(25)17(6-11(26)5-16-18(27)3-2-4-22-16)24-9-23-15-8-13(20)14(21)7-12(15)19(24)28/h7-9,16-18,22,27H,2-6H2,1H3. The molecule has 0 saturated carbocycles. The molecule has 1 fully saturated rings. The fourth-order valence-electron chi connectivity index (χ4n) is 3.48. The molecule has 1 saturated heterocycles. The predicted octanol–water partition coefficient (Wildman–Crippen LogP) is 2.40. The van der Waals surface area contributed by atoms with Crippen LogP contribution in [-0.4, -0.2) is 44.9 Å². The highest BCUT2D eigenvalue weighted by atomic mass is 79.9. The normalized spacial score (nSPS) is 20.9. The summed E-state index contributed by atoms with van der Waals surface area (Å²) in [4.78, 5) is 41.9. The molecule has 0 amide bonds. The molecule has 0 bridgehead atoms. The van der Waals surface area contributed by atoms with E-state index in [1.54, 1.807) is 6.07 Å². The number of fused-ring (bicyclic) bond motifs is 1. The van der Waals surface area contributed by atoms with Crippen LogP contribution >= 0.6 is 27.5 Å². The number of rotatable bonds is 6. The van der Waals surface area contributed by atoms with Crippen molar-refractivity contribution in [2.45, 2.75) is 50.8 Å². The average molecular weight is 471 g/mol. The van der Waals surface area contributed by atoms with Crippen molar-refractivity contribution in [2.75, 3.05) is 6.54 Å². The smallest absolute Gasteiger partial charge is 0.261 e. The van der Waals surface area contributed by atoms with Crippen molar-refractivity contribution in [2.24, 2.45) is 0 Å². The maximum atomic E-state index is 12.9. The summed E-state index contributed by atoms with van der Waals surface area (Å²) in [6.45, 7) is 2.09. The van der Waals surface area contributed by atoms with E-state index in [4.69, 9.17) is 11.6 Å². The Labute approximate surface area is 175 Å². The number of hydrogen-bond acceptors (Lipinski definition) is 6. The number of piperidine rings is 1. The zero-order valence-corrected chi connectivity index (χ0v) is 17.7. The van der Waals surface area contributed by atoms with Gasteiger partial charge in [0.05, 0.1) is 28.4 Å². The number of aromatic nitrogens is 2. The maximum Gasteiger partial charge on any atom is 0.261 e. The summed E-state index contributed by atoms with van der Waals surface area (Å²) in [5, 5.41) is 13.8. The first-order valence-corrected chi connectivity index (χ1v) is 10.2. The number of ketones is 2. The summed E-state index contributed by atoms with van der Waals surface area (Å²) in [6.07, 6.45) is 2.19. The van der Waals surface area contributed by atoms with E-state index < -0.39 is 17.7 Å². The number of aliphatic hydroxyl groups excluding tert-OH is 1. The molecule has 9 heteroatoms. The van der Waals surface area contributed by atoms with Crippen LogP contribution in [0, 0.1) is 0 Å². The number of aliphatic hydroxyl groups is 1. The van der Waals surface area contributed by atoms with Crippen LogP contribution in [0.1, 0.15) is 38.6 Å². The molecule has 0 aliphatic carbocycles. The molecule has 7 nitrogen and oxygen atoms in total. The lowest BCUT2D eigenvalue weighted by Crippen LogP contribution is -2.46. The second-order valence-electron chi connectivity index (χ2n) is 7.08. The largest absolute Gasteiger partial charge is 0.391 e. The Morgan fingerprint density at radius 2 is 2.21 bits per heavy atom. The van der Waals surface area contributed by atoms with Crippen LogP contribution in [-0.2, 0) is 9.59 Å². The average Bonchev–Trinajstić information content (AvgIpc) is 2.64. The van der Waals surface area contributed by atoms with Gasteiger partial charge in [0, 0.05) is 23.4 Å². The zero-order valence-electron chi connectivity index (χ0n) is 15.3. The number of carbonyl (C=O) groups excluding carboxylic acids is 2. The summed E-state index contributed by atoms with van der Waals surface area (Å²) >= 11 is 9.38. The Morgan fingerprint density at radius 1 is 1.46 bits per heavy atom. The minimum absolute atomic E-state index is 0.111. The summed E-state index contributed by atoms with van der Waals surface area (Å²) < 4.78 is 1.81. The van der Waals surface area contributed by atoms with Gasteiger partial charge in [-0.1, -0.05) is 11.6 Å². The van der Waals surface area contributed by atoms with E-state index >= 15 is 0 Å². The SMILES string of the molecule is CC(=O)C(CC(=O)CC1NCCCC1O)n1cnc2cc(Br)c(Cl)cc2c1=O. The van der Waals surface area contributed by atoms with E-state index in [0.717, 1.165) is 13.0 Å². The molecule has 3 unspecified atom stereocenters. The Bertz CT molecular complexity index is 978. The maximum absolute atomic E-state index is 12.9. The molecule has 2 N–H and O–H groups in total. The van der Waals surface area contributed by atoms with E-state index in [1.165, 1.54) is 23.9 Å². The van der Waals surface area contributed by atoms with Gasteiger partial charge in [-0.25, -0.2) is 4.98 Å². The Kier molecular flexibility index (Phi) is 6.65. The van der Waals surface area contributed by atoms with Gasteiger partial charge in [-0.15, -0.1) is 0 Å². The first-order chi connectivity index (χ1) is 13.3. The lowest BCUT2D eigenvalue weighted by atomic mass is 9.94. The van der Waals surface area contributed by atoms with Gasteiger partial charge in [-0.3, -0.25) is 19.0 Å². The van der Waals surface area contributed by atoms with E-state index in [1.807, 2.05) is 0 Å². The quantitative estimate of drug-likeness (QED) is 0.672. The van der Waals surface area contributed by atoms with Gasteiger partial charge in [-0.05, 0) is 54.4 Å². The molecule has 2 aromatic rings. The van der Waals surface area contributed by atoms with Crippen molar-refractivity contribution in [1.82, 2.24) is 14.9 Å². The van der Waals surface area contributed by atoms with Gasteiger partial charge in [0.2, 0.25) is 0 Å². The van der Waals surface area contributed by atoms with E-state index in [9.17, 15) is 19.5 Å². The lowest BCUT2D eigenvalue weighted by molar-refractivity contribution is -0.127. The number of Topliss-reactive ketones (excluding diaryl/α,β-unsaturated/α-hetero) is 2. The van der Waals surface area contributed by atoms with Gasteiger partial charge < -0.3 is 10.4 Å². The third-order valence-electron chi connectivity index (χ3n) is 5.05. The molecule has 0 radical (unpaired) electrons. The molecule has 3 atom stereocenters. The van der Waals surface area contributed by atoms with E-state index in [0.29, 0.717) is 21.4 Å². The first kappa shape index (κ1) is 21.1. The highest BCUT2D eigenvalue weighted by Gasteiger charge is 2.28. The molecule has 150 valence electrons. The third kappa shape index (κ3) is 4.51. The Morgan fingerprint density at radius 3 is 2.89 bits per heavy atom. The van der Waals surface area contributed by atoms with Crippen LogP contribution in [0.5, 0.6) is 0 Å². The summed E-state index contributed by atoms with van der Waals surface area (Å²) in [7, 11) is 0. The summed E-state index contributed by atoms with van der Waals surface area (Å²) in [5.74, 6) is -0.503. The van der Waals surface area contributed by atoms with Crippen molar-refractivity contribution >= 4 is 50.0 Å². The Balaban J connectivity index is 1.87. The molecule has 2 heterocycles. The minimum Gasteiger partial charge on any atom is -0.391 e. The first-order valence-electron chi connectivity index (χ1n) is 9.07. The van der Waals surface area contributed by atoms with Crippen LogP contribution in [0.3, 0.4) is 0 Å².